The van der Waals surface area contributed by atoms with Crippen molar-refractivity contribution in [2.45, 2.75) is 0 Å². The average molecular weight is 273 g/mol. The molecule has 66 valence electrons. The summed E-state index contributed by atoms with van der Waals surface area (Å²) in [6.45, 7) is 0. The van der Waals surface area contributed by atoms with Gasteiger partial charge in [-0.2, -0.15) is 0 Å². The van der Waals surface area contributed by atoms with Gasteiger partial charge in [0.05, 0.1) is 4.88 Å². The van der Waals surface area contributed by atoms with Gasteiger partial charge >= 0.3 is 0 Å². The summed E-state index contributed by atoms with van der Waals surface area (Å²) in [6.07, 6.45) is 0.886. The molecule has 0 bridgehead atoms. The molecule has 0 aliphatic rings. The Hall–Kier alpha value is -0.450. The number of halogens is 1. The van der Waals surface area contributed by atoms with E-state index in [1.807, 2.05) is 17.5 Å². The molecule has 0 atom stereocenters. The number of hydrogen-bond acceptors (Lipinski definition) is 3. The molecule has 0 radical (unpaired) electrons. The van der Waals surface area contributed by atoms with E-state index in [1.54, 1.807) is 11.3 Å². The molecule has 0 saturated heterocycles. The Kier molecular flexibility index (Phi) is 2.62. The zero-order valence-electron chi connectivity index (χ0n) is 6.49. The lowest BCUT2D eigenvalue weighted by Crippen LogP contribution is -1.62. The number of rotatable bonds is 2. The largest absolute Gasteiger partial charge is 0.297 e. The molecule has 2 heterocycles. The van der Waals surface area contributed by atoms with E-state index in [2.05, 4.69) is 22.0 Å². The molecule has 2 aromatic rings. The molecule has 1 nitrogen and oxygen atoms in total. The van der Waals surface area contributed by atoms with Crippen LogP contribution in [0.15, 0.2) is 28.1 Å². The van der Waals surface area contributed by atoms with Crippen molar-refractivity contribution >= 4 is 44.9 Å². The van der Waals surface area contributed by atoms with E-state index in [-0.39, 0.29) is 0 Å². The summed E-state index contributed by atoms with van der Waals surface area (Å²) in [4.78, 5) is 13.6. The molecule has 13 heavy (non-hydrogen) atoms. The normalized spacial score (nSPS) is 10.2. The second-order valence-corrected chi connectivity index (χ2v) is 5.39. The standard InChI is InChI=1S/C9H5BrOS2/c10-6-3-9(12-5-6)8-2-1-7(4-11)13-8/h1-5H. The third-order valence-electron chi connectivity index (χ3n) is 1.55. The summed E-state index contributed by atoms with van der Waals surface area (Å²) in [6, 6.07) is 5.89. The van der Waals surface area contributed by atoms with Crippen LogP contribution in [0.5, 0.6) is 0 Å². The van der Waals surface area contributed by atoms with Gasteiger partial charge in [0.15, 0.2) is 6.29 Å². The molecule has 0 aliphatic carbocycles. The molecule has 4 heteroatoms. The number of carbonyl (C=O) groups is 1. The van der Waals surface area contributed by atoms with E-state index >= 15 is 0 Å². The van der Waals surface area contributed by atoms with Crippen LogP contribution in [0.2, 0.25) is 0 Å². The highest BCUT2D eigenvalue weighted by Crippen LogP contribution is 2.34. The van der Waals surface area contributed by atoms with Crippen LogP contribution in [-0.4, -0.2) is 6.29 Å². The third kappa shape index (κ3) is 1.90. The molecule has 2 aromatic heterocycles. The molecule has 0 amide bonds. The van der Waals surface area contributed by atoms with Gasteiger partial charge in [0.1, 0.15) is 0 Å². The Morgan fingerprint density at radius 2 is 2.15 bits per heavy atom. The van der Waals surface area contributed by atoms with Gasteiger partial charge in [-0.15, -0.1) is 22.7 Å². The molecule has 2 rings (SSSR count). The lowest BCUT2D eigenvalue weighted by Gasteiger charge is -1.86. The van der Waals surface area contributed by atoms with Gasteiger partial charge < -0.3 is 0 Å². The Bertz CT molecular complexity index is 430. The molecule has 0 spiro atoms. The monoisotopic (exact) mass is 272 g/mol. The molecule has 0 saturated carbocycles. The number of carbonyl (C=O) groups excluding carboxylic acids is 1. The highest BCUT2D eigenvalue weighted by atomic mass is 79.9. The second-order valence-electron chi connectivity index (χ2n) is 2.45. The van der Waals surface area contributed by atoms with Crippen molar-refractivity contribution in [1.82, 2.24) is 0 Å². The first-order chi connectivity index (χ1) is 6.29. The van der Waals surface area contributed by atoms with Gasteiger partial charge in [0, 0.05) is 19.6 Å². The summed E-state index contributed by atoms with van der Waals surface area (Å²) >= 11 is 6.59. The summed E-state index contributed by atoms with van der Waals surface area (Å²) in [7, 11) is 0. The van der Waals surface area contributed by atoms with Crippen molar-refractivity contribution in [2.75, 3.05) is 0 Å². The fraction of sp³-hybridized carbons (Fsp3) is 0. The first kappa shape index (κ1) is 9.12. The summed E-state index contributed by atoms with van der Waals surface area (Å²) in [5.74, 6) is 0. The average Bonchev–Trinajstić information content (AvgIpc) is 2.71. The van der Waals surface area contributed by atoms with Crippen molar-refractivity contribution in [3.05, 3.63) is 32.9 Å². The van der Waals surface area contributed by atoms with Crippen LogP contribution in [0.1, 0.15) is 9.67 Å². The third-order valence-corrected chi connectivity index (χ3v) is 4.45. The fourth-order valence-electron chi connectivity index (χ4n) is 0.991. The van der Waals surface area contributed by atoms with Crippen LogP contribution < -0.4 is 0 Å². The minimum absolute atomic E-state index is 0.777. The van der Waals surface area contributed by atoms with Crippen LogP contribution in [0.4, 0.5) is 0 Å². The Balaban J connectivity index is 2.40. The minimum Gasteiger partial charge on any atom is -0.297 e. The molecule has 0 fully saturated rings. The second kappa shape index (κ2) is 3.74. The van der Waals surface area contributed by atoms with E-state index in [1.165, 1.54) is 16.2 Å². The van der Waals surface area contributed by atoms with Crippen molar-refractivity contribution in [3.63, 3.8) is 0 Å². The molecular weight excluding hydrogens is 268 g/mol. The quantitative estimate of drug-likeness (QED) is 0.754. The summed E-state index contributed by atoms with van der Waals surface area (Å²) in [5.41, 5.74) is 0. The Morgan fingerprint density at radius 1 is 1.31 bits per heavy atom. The first-order valence-corrected chi connectivity index (χ1v) is 6.08. The minimum atomic E-state index is 0.777. The van der Waals surface area contributed by atoms with Crippen LogP contribution >= 0.6 is 38.6 Å². The number of thiophene rings is 2. The smallest absolute Gasteiger partial charge is 0.160 e. The molecule has 0 N–H and O–H groups in total. The maximum absolute atomic E-state index is 10.5. The van der Waals surface area contributed by atoms with E-state index in [4.69, 9.17) is 0 Å². The maximum atomic E-state index is 10.5. The van der Waals surface area contributed by atoms with Gasteiger partial charge in [-0.05, 0) is 34.1 Å². The first-order valence-electron chi connectivity index (χ1n) is 3.59. The SMILES string of the molecule is O=Cc1ccc(-c2cc(Br)cs2)s1. The van der Waals surface area contributed by atoms with Crippen LogP contribution in [0.25, 0.3) is 9.75 Å². The summed E-state index contributed by atoms with van der Waals surface area (Å²) < 4.78 is 1.09. The van der Waals surface area contributed by atoms with Gasteiger partial charge in [-0.1, -0.05) is 0 Å². The lowest BCUT2D eigenvalue weighted by atomic mass is 10.4. The Morgan fingerprint density at radius 3 is 2.69 bits per heavy atom. The van der Waals surface area contributed by atoms with E-state index in [9.17, 15) is 4.79 Å². The van der Waals surface area contributed by atoms with Crippen LogP contribution in [0.3, 0.4) is 0 Å². The van der Waals surface area contributed by atoms with E-state index in [0.29, 0.717) is 0 Å². The molecule has 0 aliphatic heterocycles. The van der Waals surface area contributed by atoms with Crippen molar-refractivity contribution in [3.8, 4) is 9.75 Å². The van der Waals surface area contributed by atoms with Gasteiger partial charge in [-0.3, -0.25) is 4.79 Å². The molecule has 0 aromatic carbocycles. The van der Waals surface area contributed by atoms with Crippen molar-refractivity contribution in [2.24, 2.45) is 0 Å². The van der Waals surface area contributed by atoms with Crippen LogP contribution in [0, 0.1) is 0 Å². The van der Waals surface area contributed by atoms with Gasteiger partial charge in [0.2, 0.25) is 0 Å². The fourth-order valence-corrected chi connectivity index (χ4v) is 3.34. The lowest BCUT2D eigenvalue weighted by molar-refractivity contribution is 0.112. The predicted molar refractivity (Wildman–Crippen MR) is 60.7 cm³/mol. The highest BCUT2D eigenvalue weighted by Gasteiger charge is 2.04. The van der Waals surface area contributed by atoms with E-state index in [0.717, 1.165) is 20.5 Å². The summed E-state index contributed by atoms with van der Waals surface area (Å²) in [5, 5.41) is 2.04. The Labute approximate surface area is 92.2 Å². The predicted octanol–water partition coefficient (Wildman–Crippen LogP) is 4.05. The van der Waals surface area contributed by atoms with Crippen LogP contribution in [-0.2, 0) is 0 Å². The zero-order chi connectivity index (χ0) is 9.26. The molecule has 0 unspecified atom stereocenters. The number of aldehydes is 1. The maximum Gasteiger partial charge on any atom is 0.160 e. The van der Waals surface area contributed by atoms with Crippen molar-refractivity contribution < 1.29 is 4.79 Å². The van der Waals surface area contributed by atoms with Gasteiger partial charge in [-0.25, -0.2) is 0 Å². The topological polar surface area (TPSA) is 17.1 Å². The van der Waals surface area contributed by atoms with Gasteiger partial charge in [0.25, 0.3) is 0 Å². The molecular formula is C9H5BrOS2. The number of hydrogen-bond donors (Lipinski definition) is 0. The van der Waals surface area contributed by atoms with E-state index < -0.39 is 0 Å². The van der Waals surface area contributed by atoms with Crippen molar-refractivity contribution in [1.29, 1.82) is 0 Å². The zero-order valence-corrected chi connectivity index (χ0v) is 9.71. The highest BCUT2D eigenvalue weighted by molar-refractivity contribution is 9.10.